The zero-order valence-corrected chi connectivity index (χ0v) is 12.3. The van der Waals surface area contributed by atoms with Gasteiger partial charge in [0.25, 0.3) is 0 Å². The smallest absolute Gasteiger partial charge is 0.139 e. The fraction of sp³-hybridized carbons (Fsp3) is 0.562. The average molecular weight is 272 g/mol. The van der Waals surface area contributed by atoms with Gasteiger partial charge in [0.1, 0.15) is 5.65 Å². The Bertz CT molecular complexity index is 573. The number of fused-ring (bicyclic) bond motifs is 1. The van der Waals surface area contributed by atoms with E-state index in [1.54, 1.807) is 0 Å². The fourth-order valence-corrected chi connectivity index (χ4v) is 3.28. The molecule has 0 aliphatic carbocycles. The summed E-state index contributed by atoms with van der Waals surface area (Å²) in [7, 11) is 0. The lowest BCUT2D eigenvalue weighted by Gasteiger charge is -2.35. The number of hydrogen-bond donors (Lipinski definition) is 1. The fourth-order valence-electron chi connectivity index (χ4n) is 3.28. The number of hydrogen-bond acceptors (Lipinski definition) is 3. The van der Waals surface area contributed by atoms with Crippen LogP contribution in [0.1, 0.15) is 36.9 Å². The van der Waals surface area contributed by atoms with Crippen LogP contribution in [0.2, 0.25) is 0 Å². The molecule has 0 radical (unpaired) electrons. The van der Waals surface area contributed by atoms with E-state index in [1.165, 1.54) is 37.1 Å². The van der Waals surface area contributed by atoms with Gasteiger partial charge in [0.05, 0.1) is 5.69 Å². The van der Waals surface area contributed by atoms with E-state index in [0.29, 0.717) is 6.04 Å². The third kappa shape index (κ3) is 2.72. The summed E-state index contributed by atoms with van der Waals surface area (Å²) in [6, 6.07) is 4.83. The summed E-state index contributed by atoms with van der Waals surface area (Å²) >= 11 is 0. The molecule has 0 saturated carbocycles. The Kier molecular flexibility index (Phi) is 4.03. The molecular formula is C16H24N4. The van der Waals surface area contributed by atoms with Crippen molar-refractivity contribution in [3.05, 3.63) is 35.8 Å². The highest BCUT2D eigenvalue weighted by Gasteiger charge is 2.22. The summed E-state index contributed by atoms with van der Waals surface area (Å²) in [6.45, 7) is 5.03. The Labute approximate surface area is 120 Å². The predicted molar refractivity (Wildman–Crippen MR) is 81.6 cm³/mol. The second-order valence-corrected chi connectivity index (χ2v) is 5.85. The van der Waals surface area contributed by atoms with E-state index in [1.807, 2.05) is 0 Å². The van der Waals surface area contributed by atoms with Crippen molar-refractivity contribution in [2.45, 2.75) is 45.2 Å². The number of pyridine rings is 1. The Morgan fingerprint density at radius 1 is 1.40 bits per heavy atom. The van der Waals surface area contributed by atoms with E-state index >= 15 is 0 Å². The normalized spacial score (nSPS) is 20.6. The van der Waals surface area contributed by atoms with Gasteiger partial charge in [-0.2, -0.15) is 0 Å². The first-order chi connectivity index (χ1) is 9.78. The van der Waals surface area contributed by atoms with Gasteiger partial charge in [-0.05, 0) is 50.9 Å². The minimum Gasteiger partial charge on any atom is -0.330 e. The van der Waals surface area contributed by atoms with Crippen LogP contribution < -0.4 is 5.73 Å². The quantitative estimate of drug-likeness (QED) is 0.929. The van der Waals surface area contributed by atoms with Crippen molar-refractivity contribution in [2.75, 3.05) is 13.1 Å². The number of aromatic nitrogens is 2. The monoisotopic (exact) mass is 272 g/mol. The number of imidazole rings is 1. The average Bonchev–Trinajstić information content (AvgIpc) is 2.85. The standard InChI is InChI=1S/C16H24N4/c1-13-5-4-10-20-12-14(18-16(13)20)11-19-9-3-2-6-15(19)7-8-17/h4-5,10,12,15H,2-3,6-9,11,17H2,1H3. The van der Waals surface area contributed by atoms with Gasteiger partial charge in [0, 0.05) is 25.0 Å². The molecule has 1 saturated heterocycles. The highest BCUT2D eigenvalue weighted by molar-refractivity contribution is 5.47. The van der Waals surface area contributed by atoms with Crippen molar-refractivity contribution in [3.8, 4) is 0 Å². The molecule has 2 aromatic heterocycles. The third-order valence-electron chi connectivity index (χ3n) is 4.34. The lowest BCUT2D eigenvalue weighted by molar-refractivity contribution is 0.132. The van der Waals surface area contributed by atoms with Crippen molar-refractivity contribution >= 4 is 5.65 Å². The molecule has 4 nitrogen and oxygen atoms in total. The van der Waals surface area contributed by atoms with Crippen molar-refractivity contribution < 1.29 is 0 Å². The molecule has 1 atom stereocenters. The van der Waals surface area contributed by atoms with E-state index in [2.05, 4.69) is 40.8 Å². The minimum absolute atomic E-state index is 0.639. The second kappa shape index (κ2) is 5.94. The predicted octanol–water partition coefficient (Wildman–Crippen LogP) is 2.35. The van der Waals surface area contributed by atoms with Crippen LogP contribution in [-0.4, -0.2) is 33.4 Å². The number of nitrogens with two attached hydrogens (primary N) is 1. The van der Waals surface area contributed by atoms with Crippen molar-refractivity contribution in [1.82, 2.24) is 14.3 Å². The molecule has 4 heteroatoms. The molecule has 20 heavy (non-hydrogen) atoms. The van der Waals surface area contributed by atoms with Gasteiger partial charge >= 0.3 is 0 Å². The van der Waals surface area contributed by atoms with Gasteiger partial charge < -0.3 is 10.1 Å². The Hall–Kier alpha value is -1.39. The molecule has 2 aromatic rings. The van der Waals surface area contributed by atoms with E-state index in [0.717, 1.165) is 25.2 Å². The zero-order valence-electron chi connectivity index (χ0n) is 12.3. The first kappa shape index (κ1) is 13.6. The molecule has 3 rings (SSSR count). The Balaban J connectivity index is 1.79. The maximum Gasteiger partial charge on any atom is 0.139 e. The van der Waals surface area contributed by atoms with Gasteiger partial charge in [0.15, 0.2) is 0 Å². The number of likely N-dealkylation sites (tertiary alicyclic amines) is 1. The molecule has 0 spiro atoms. The van der Waals surface area contributed by atoms with E-state index < -0.39 is 0 Å². The molecule has 2 N–H and O–H groups in total. The summed E-state index contributed by atoms with van der Waals surface area (Å²) in [5, 5.41) is 0. The van der Waals surface area contributed by atoms with Crippen LogP contribution >= 0.6 is 0 Å². The molecule has 0 aromatic carbocycles. The topological polar surface area (TPSA) is 46.6 Å². The van der Waals surface area contributed by atoms with Crippen LogP contribution in [0, 0.1) is 6.92 Å². The van der Waals surface area contributed by atoms with Crippen LogP contribution in [0.15, 0.2) is 24.5 Å². The molecule has 108 valence electrons. The first-order valence-corrected chi connectivity index (χ1v) is 7.65. The van der Waals surface area contributed by atoms with E-state index in [4.69, 9.17) is 10.7 Å². The second-order valence-electron chi connectivity index (χ2n) is 5.85. The molecule has 1 aliphatic rings. The number of piperidine rings is 1. The minimum atomic E-state index is 0.639. The van der Waals surface area contributed by atoms with Gasteiger partial charge in [-0.25, -0.2) is 4.98 Å². The van der Waals surface area contributed by atoms with Crippen LogP contribution in [0.5, 0.6) is 0 Å². The summed E-state index contributed by atoms with van der Waals surface area (Å²) in [5.41, 5.74) is 9.23. The van der Waals surface area contributed by atoms with E-state index in [9.17, 15) is 0 Å². The zero-order chi connectivity index (χ0) is 13.9. The molecule has 1 aliphatic heterocycles. The maximum absolute atomic E-state index is 5.75. The molecule has 0 bridgehead atoms. The van der Waals surface area contributed by atoms with Crippen LogP contribution in [0.3, 0.4) is 0 Å². The molecule has 0 amide bonds. The van der Waals surface area contributed by atoms with Gasteiger partial charge in [-0.15, -0.1) is 0 Å². The van der Waals surface area contributed by atoms with Gasteiger partial charge in [0.2, 0.25) is 0 Å². The maximum atomic E-state index is 5.75. The van der Waals surface area contributed by atoms with Gasteiger partial charge in [-0.3, -0.25) is 4.90 Å². The van der Waals surface area contributed by atoms with Crippen LogP contribution in [0.4, 0.5) is 0 Å². The summed E-state index contributed by atoms with van der Waals surface area (Å²) in [6.07, 6.45) is 9.26. The third-order valence-corrected chi connectivity index (χ3v) is 4.34. The largest absolute Gasteiger partial charge is 0.330 e. The van der Waals surface area contributed by atoms with Crippen LogP contribution in [-0.2, 0) is 6.54 Å². The SMILES string of the molecule is Cc1cccn2cc(CN3CCCCC3CCN)nc12. The number of rotatable bonds is 4. The van der Waals surface area contributed by atoms with E-state index in [-0.39, 0.29) is 0 Å². The summed E-state index contributed by atoms with van der Waals surface area (Å²) in [4.78, 5) is 7.35. The lowest BCUT2D eigenvalue weighted by Crippen LogP contribution is -2.40. The molecule has 1 unspecified atom stereocenters. The Morgan fingerprint density at radius 2 is 2.30 bits per heavy atom. The highest BCUT2D eigenvalue weighted by Crippen LogP contribution is 2.21. The number of nitrogens with zero attached hydrogens (tertiary/aromatic N) is 3. The molecule has 1 fully saturated rings. The number of aryl methyl sites for hydroxylation is 1. The summed E-state index contributed by atoms with van der Waals surface area (Å²) in [5.74, 6) is 0. The van der Waals surface area contributed by atoms with Crippen LogP contribution in [0.25, 0.3) is 5.65 Å². The van der Waals surface area contributed by atoms with Gasteiger partial charge in [-0.1, -0.05) is 12.5 Å². The lowest BCUT2D eigenvalue weighted by atomic mass is 9.99. The first-order valence-electron chi connectivity index (χ1n) is 7.65. The van der Waals surface area contributed by atoms with Crippen molar-refractivity contribution in [3.63, 3.8) is 0 Å². The highest BCUT2D eigenvalue weighted by atomic mass is 15.2. The Morgan fingerprint density at radius 3 is 3.10 bits per heavy atom. The summed E-state index contributed by atoms with van der Waals surface area (Å²) < 4.78 is 2.13. The van der Waals surface area contributed by atoms with Crippen molar-refractivity contribution in [1.29, 1.82) is 0 Å². The molecule has 3 heterocycles. The van der Waals surface area contributed by atoms with Crippen molar-refractivity contribution in [2.24, 2.45) is 5.73 Å². The molecular weight excluding hydrogens is 248 g/mol.